The van der Waals surface area contributed by atoms with Gasteiger partial charge in [-0.15, -0.1) is 0 Å². The largest absolute Gasteiger partial charge is 0.444 e. The van der Waals surface area contributed by atoms with Crippen molar-refractivity contribution in [1.82, 2.24) is 15.5 Å². The molecule has 7 nitrogen and oxygen atoms in total. The molecule has 0 saturated carbocycles. The van der Waals surface area contributed by atoms with Crippen LogP contribution in [0.4, 0.5) is 4.79 Å². The molecule has 1 rings (SSSR count). The SMILES string of the molecule is CCCCNC(=O)C(c1c(C)cccc1C)N(CCCC)C(=O)C(CC(C)C)NC(=O)OC(C)(C)C. The zero-order chi connectivity index (χ0) is 27.5. The van der Waals surface area contributed by atoms with Crippen molar-refractivity contribution < 1.29 is 19.1 Å². The average molecular weight is 504 g/mol. The molecule has 0 saturated heterocycles. The monoisotopic (exact) mass is 503 g/mol. The van der Waals surface area contributed by atoms with E-state index in [1.54, 1.807) is 25.7 Å². The van der Waals surface area contributed by atoms with Gasteiger partial charge in [-0.25, -0.2) is 4.79 Å². The smallest absolute Gasteiger partial charge is 0.408 e. The highest BCUT2D eigenvalue weighted by Gasteiger charge is 2.37. The van der Waals surface area contributed by atoms with E-state index in [1.807, 2.05) is 45.9 Å². The number of hydrogen-bond donors (Lipinski definition) is 2. The predicted octanol–water partition coefficient (Wildman–Crippen LogP) is 5.83. The molecule has 0 aliphatic carbocycles. The highest BCUT2D eigenvalue weighted by molar-refractivity contribution is 5.92. The summed E-state index contributed by atoms with van der Waals surface area (Å²) >= 11 is 0. The van der Waals surface area contributed by atoms with Crippen molar-refractivity contribution in [1.29, 1.82) is 0 Å². The van der Waals surface area contributed by atoms with Gasteiger partial charge >= 0.3 is 6.09 Å². The minimum atomic E-state index is -0.799. The van der Waals surface area contributed by atoms with E-state index in [4.69, 9.17) is 4.74 Å². The second-order valence-electron chi connectivity index (χ2n) is 11.1. The van der Waals surface area contributed by atoms with Gasteiger partial charge in [0.25, 0.3) is 0 Å². The Hall–Kier alpha value is -2.57. The van der Waals surface area contributed by atoms with Crippen molar-refractivity contribution in [2.75, 3.05) is 13.1 Å². The highest BCUT2D eigenvalue weighted by atomic mass is 16.6. The lowest BCUT2D eigenvalue weighted by Crippen LogP contribution is -2.54. The van der Waals surface area contributed by atoms with Gasteiger partial charge < -0.3 is 20.3 Å². The van der Waals surface area contributed by atoms with Crippen molar-refractivity contribution in [3.05, 3.63) is 34.9 Å². The van der Waals surface area contributed by atoms with E-state index in [0.29, 0.717) is 19.5 Å². The summed E-state index contributed by atoms with van der Waals surface area (Å²) in [4.78, 5) is 42.1. The Balaban J connectivity index is 3.52. The fraction of sp³-hybridized carbons (Fsp3) is 0.690. The zero-order valence-corrected chi connectivity index (χ0v) is 24.0. The molecule has 0 heterocycles. The van der Waals surface area contributed by atoms with Crippen LogP contribution in [0, 0.1) is 19.8 Å². The Morgan fingerprint density at radius 3 is 2.08 bits per heavy atom. The number of ether oxygens (including phenoxy) is 1. The molecule has 204 valence electrons. The van der Waals surface area contributed by atoms with E-state index < -0.39 is 23.8 Å². The summed E-state index contributed by atoms with van der Waals surface area (Å²) in [7, 11) is 0. The lowest BCUT2D eigenvalue weighted by molar-refractivity contribution is -0.143. The van der Waals surface area contributed by atoms with Crippen LogP contribution in [0.1, 0.15) is 103 Å². The molecule has 3 amide bonds. The first kappa shape index (κ1) is 31.5. The summed E-state index contributed by atoms with van der Waals surface area (Å²) in [5.41, 5.74) is 2.08. The van der Waals surface area contributed by atoms with E-state index >= 15 is 0 Å². The molecule has 36 heavy (non-hydrogen) atoms. The zero-order valence-electron chi connectivity index (χ0n) is 24.0. The molecule has 2 N–H and O–H groups in total. The van der Waals surface area contributed by atoms with Gasteiger partial charge in [-0.05, 0) is 76.5 Å². The third-order valence-electron chi connectivity index (χ3n) is 5.94. The summed E-state index contributed by atoms with van der Waals surface area (Å²) < 4.78 is 5.46. The number of amides is 3. The minimum absolute atomic E-state index is 0.152. The van der Waals surface area contributed by atoms with E-state index in [-0.39, 0.29) is 17.7 Å². The molecule has 1 aromatic rings. The Morgan fingerprint density at radius 1 is 1.00 bits per heavy atom. The topological polar surface area (TPSA) is 87.7 Å². The van der Waals surface area contributed by atoms with Crippen LogP contribution in [0.25, 0.3) is 0 Å². The summed E-state index contributed by atoms with van der Waals surface area (Å²) in [6, 6.07) is 4.33. The summed E-state index contributed by atoms with van der Waals surface area (Å²) in [5, 5.41) is 5.86. The van der Waals surface area contributed by atoms with Crippen molar-refractivity contribution in [3.8, 4) is 0 Å². The van der Waals surface area contributed by atoms with Gasteiger partial charge in [-0.1, -0.05) is 58.7 Å². The van der Waals surface area contributed by atoms with Crippen molar-refractivity contribution in [3.63, 3.8) is 0 Å². The Kier molecular flexibility index (Phi) is 13.0. The van der Waals surface area contributed by atoms with Crippen LogP contribution in [-0.2, 0) is 14.3 Å². The summed E-state index contributed by atoms with van der Waals surface area (Å²) in [5.74, 6) is -0.300. The molecule has 0 fully saturated rings. The number of carbonyl (C=O) groups excluding carboxylic acids is 3. The molecule has 0 aromatic heterocycles. The van der Waals surface area contributed by atoms with Crippen molar-refractivity contribution in [2.45, 2.75) is 112 Å². The number of unbranched alkanes of at least 4 members (excludes halogenated alkanes) is 2. The second-order valence-corrected chi connectivity index (χ2v) is 11.1. The normalized spacial score (nSPS) is 13.2. The average Bonchev–Trinajstić information content (AvgIpc) is 2.75. The third kappa shape index (κ3) is 10.2. The van der Waals surface area contributed by atoms with Gasteiger partial charge in [0, 0.05) is 13.1 Å². The van der Waals surface area contributed by atoms with Crippen molar-refractivity contribution in [2.24, 2.45) is 5.92 Å². The molecule has 7 heteroatoms. The maximum Gasteiger partial charge on any atom is 0.408 e. The molecule has 0 aliphatic heterocycles. The molecule has 2 atom stereocenters. The number of rotatable bonds is 13. The maximum atomic E-state index is 14.1. The molecule has 0 spiro atoms. The van der Waals surface area contributed by atoms with E-state index in [0.717, 1.165) is 42.4 Å². The van der Waals surface area contributed by atoms with Crippen LogP contribution >= 0.6 is 0 Å². The molecule has 1 aromatic carbocycles. The van der Waals surface area contributed by atoms with Gasteiger partial charge in [0.2, 0.25) is 11.8 Å². The number of carbonyl (C=O) groups is 3. The highest BCUT2D eigenvalue weighted by Crippen LogP contribution is 2.29. The molecular formula is C29H49N3O4. The molecule has 0 radical (unpaired) electrons. The van der Waals surface area contributed by atoms with Gasteiger partial charge in [0.05, 0.1) is 0 Å². The number of nitrogens with zero attached hydrogens (tertiary/aromatic N) is 1. The van der Waals surface area contributed by atoms with Crippen LogP contribution in [0.3, 0.4) is 0 Å². The second kappa shape index (κ2) is 14.9. The summed E-state index contributed by atoms with van der Waals surface area (Å²) in [6.07, 6.45) is 3.25. The van der Waals surface area contributed by atoms with E-state index in [2.05, 4.69) is 24.5 Å². The Bertz CT molecular complexity index is 840. The van der Waals surface area contributed by atoms with Crippen LogP contribution in [0.5, 0.6) is 0 Å². The summed E-state index contributed by atoms with van der Waals surface area (Å²) in [6.45, 7) is 18.4. The van der Waals surface area contributed by atoms with Crippen molar-refractivity contribution >= 4 is 17.9 Å². The van der Waals surface area contributed by atoms with Gasteiger partial charge in [0.15, 0.2) is 0 Å². The fourth-order valence-electron chi connectivity index (χ4n) is 4.21. The molecule has 0 bridgehead atoms. The van der Waals surface area contributed by atoms with Crippen LogP contribution in [0.2, 0.25) is 0 Å². The number of alkyl carbamates (subject to hydrolysis) is 1. The minimum Gasteiger partial charge on any atom is -0.444 e. The first-order valence-electron chi connectivity index (χ1n) is 13.5. The van der Waals surface area contributed by atoms with Gasteiger partial charge in [-0.3, -0.25) is 9.59 Å². The number of hydrogen-bond acceptors (Lipinski definition) is 4. The van der Waals surface area contributed by atoms with E-state index in [1.165, 1.54) is 0 Å². The Labute approximate surface area is 218 Å². The first-order chi connectivity index (χ1) is 16.8. The van der Waals surface area contributed by atoms with Crippen LogP contribution in [0.15, 0.2) is 18.2 Å². The van der Waals surface area contributed by atoms with E-state index in [9.17, 15) is 14.4 Å². The number of aryl methyl sites for hydroxylation is 2. The van der Waals surface area contributed by atoms with Gasteiger partial charge in [-0.2, -0.15) is 0 Å². The molecular weight excluding hydrogens is 454 g/mol. The lowest BCUT2D eigenvalue weighted by Gasteiger charge is -2.36. The molecule has 2 unspecified atom stereocenters. The first-order valence-corrected chi connectivity index (χ1v) is 13.5. The lowest BCUT2D eigenvalue weighted by atomic mass is 9.92. The molecule has 0 aliphatic rings. The number of benzene rings is 1. The van der Waals surface area contributed by atoms with Crippen LogP contribution < -0.4 is 10.6 Å². The number of nitrogens with one attached hydrogen (secondary N) is 2. The maximum absolute atomic E-state index is 14.1. The fourth-order valence-corrected chi connectivity index (χ4v) is 4.21. The van der Waals surface area contributed by atoms with Gasteiger partial charge in [0.1, 0.15) is 17.7 Å². The van der Waals surface area contributed by atoms with Crippen LogP contribution in [-0.4, -0.2) is 47.5 Å². The Morgan fingerprint density at radius 2 is 1.58 bits per heavy atom. The quantitative estimate of drug-likeness (QED) is 0.332. The standard InChI is InChI=1S/C29H49N3O4/c1-10-12-17-30-26(33)25(24-21(5)15-14-16-22(24)6)32(18-13-11-2)27(34)23(19-20(3)4)31-28(35)36-29(7,8)9/h14-16,20,23,25H,10-13,17-19H2,1-9H3,(H,30,33)(H,31,35). The third-order valence-corrected chi connectivity index (χ3v) is 5.94. The predicted molar refractivity (Wildman–Crippen MR) is 146 cm³/mol.